The molecule has 2 rings (SSSR count). The fraction of sp³-hybridized carbons (Fsp3) is 0.917. The van der Waals surface area contributed by atoms with Crippen LogP contribution in [0.4, 0.5) is 0 Å². The van der Waals surface area contributed by atoms with Crippen LogP contribution >= 0.6 is 0 Å². The standard InChI is InChI=1S/C12H23N3O/c1-9-7-13-12(15-9)14-8-11(16)10-5-3-2-4-6-10/h9-11,16H,2-8H2,1H3,(H2,13,14,15). The molecule has 1 heterocycles. The molecule has 4 heteroatoms. The Balaban J connectivity index is 1.68. The van der Waals surface area contributed by atoms with Gasteiger partial charge in [0.1, 0.15) is 0 Å². The highest BCUT2D eigenvalue weighted by Crippen LogP contribution is 2.26. The topological polar surface area (TPSA) is 56.7 Å². The van der Waals surface area contributed by atoms with Crippen LogP contribution in [-0.2, 0) is 0 Å². The summed E-state index contributed by atoms with van der Waals surface area (Å²) < 4.78 is 0. The largest absolute Gasteiger partial charge is 0.391 e. The first-order valence-electron chi connectivity index (χ1n) is 6.48. The Morgan fingerprint density at radius 1 is 1.44 bits per heavy atom. The first-order valence-corrected chi connectivity index (χ1v) is 6.48. The lowest BCUT2D eigenvalue weighted by Gasteiger charge is -2.26. The molecule has 2 aliphatic rings. The molecule has 4 nitrogen and oxygen atoms in total. The Hall–Kier alpha value is -0.770. The number of hydrogen-bond acceptors (Lipinski definition) is 4. The second kappa shape index (κ2) is 5.53. The SMILES string of the molecule is CC1CN=C(NCC(O)C2CCCCC2)N1. The van der Waals surface area contributed by atoms with Crippen molar-refractivity contribution in [1.82, 2.24) is 10.6 Å². The summed E-state index contributed by atoms with van der Waals surface area (Å²) in [4.78, 5) is 4.32. The highest BCUT2D eigenvalue weighted by molar-refractivity contribution is 5.81. The number of guanidine groups is 1. The van der Waals surface area contributed by atoms with E-state index >= 15 is 0 Å². The number of nitrogens with one attached hydrogen (secondary N) is 2. The third kappa shape index (κ3) is 3.11. The smallest absolute Gasteiger partial charge is 0.191 e. The molecule has 1 aliphatic heterocycles. The van der Waals surface area contributed by atoms with Crippen LogP contribution in [0.2, 0.25) is 0 Å². The zero-order chi connectivity index (χ0) is 11.4. The van der Waals surface area contributed by atoms with Crippen molar-refractivity contribution in [1.29, 1.82) is 0 Å². The summed E-state index contributed by atoms with van der Waals surface area (Å²) in [5.41, 5.74) is 0. The zero-order valence-electron chi connectivity index (χ0n) is 10.1. The van der Waals surface area contributed by atoms with Crippen molar-refractivity contribution in [2.75, 3.05) is 13.1 Å². The van der Waals surface area contributed by atoms with Gasteiger partial charge in [-0.25, -0.2) is 0 Å². The molecular weight excluding hydrogens is 202 g/mol. The molecule has 0 saturated heterocycles. The molecule has 1 aliphatic carbocycles. The predicted molar refractivity (Wildman–Crippen MR) is 65.5 cm³/mol. The van der Waals surface area contributed by atoms with Crippen molar-refractivity contribution < 1.29 is 5.11 Å². The summed E-state index contributed by atoms with van der Waals surface area (Å²) >= 11 is 0. The summed E-state index contributed by atoms with van der Waals surface area (Å²) in [6.07, 6.45) is 6.03. The van der Waals surface area contributed by atoms with Crippen LogP contribution in [-0.4, -0.2) is 36.3 Å². The molecule has 1 saturated carbocycles. The molecule has 0 amide bonds. The van der Waals surface area contributed by atoms with Gasteiger partial charge in [0, 0.05) is 12.6 Å². The van der Waals surface area contributed by atoms with Crippen LogP contribution in [0, 0.1) is 5.92 Å². The third-order valence-electron chi connectivity index (χ3n) is 3.58. The first-order chi connectivity index (χ1) is 7.75. The molecule has 0 spiro atoms. The van der Waals surface area contributed by atoms with Gasteiger partial charge in [-0.3, -0.25) is 4.99 Å². The zero-order valence-corrected chi connectivity index (χ0v) is 10.1. The van der Waals surface area contributed by atoms with Gasteiger partial charge in [0.05, 0.1) is 12.6 Å². The van der Waals surface area contributed by atoms with Crippen LogP contribution in [0.25, 0.3) is 0 Å². The van der Waals surface area contributed by atoms with E-state index in [1.807, 2.05) is 0 Å². The number of hydrogen-bond donors (Lipinski definition) is 3. The van der Waals surface area contributed by atoms with E-state index in [1.54, 1.807) is 0 Å². The highest BCUT2D eigenvalue weighted by atomic mass is 16.3. The summed E-state index contributed by atoms with van der Waals surface area (Å²) in [6, 6.07) is 0.425. The molecule has 2 unspecified atom stereocenters. The highest BCUT2D eigenvalue weighted by Gasteiger charge is 2.22. The van der Waals surface area contributed by atoms with Gasteiger partial charge in [0.25, 0.3) is 0 Å². The first kappa shape index (κ1) is 11.7. The summed E-state index contributed by atoms with van der Waals surface area (Å²) in [6.45, 7) is 3.57. The van der Waals surface area contributed by atoms with E-state index in [4.69, 9.17) is 0 Å². The lowest BCUT2D eigenvalue weighted by Crippen LogP contribution is -2.43. The molecule has 2 atom stereocenters. The molecule has 92 valence electrons. The Morgan fingerprint density at radius 3 is 2.81 bits per heavy atom. The minimum Gasteiger partial charge on any atom is -0.391 e. The predicted octanol–water partition coefficient (Wildman–Crippen LogP) is 0.865. The van der Waals surface area contributed by atoms with E-state index in [0.29, 0.717) is 18.5 Å². The average molecular weight is 225 g/mol. The molecule has 0 aromatic rings. The number of aliphatic imine (C=N–C) groups is 1. The van der Waals surface area contributed by atoms with Gasteiger partial charge in [-0.05, 0) is 25.7 Å². The monoisotopic (exact) mass is 225 g/mol. The molecule has 3 N–H and O–H groups in total. The average Bonchev–Trinajstić information content (AvgIpc) is 2.73. The Bertz CT molecular complexity index is 249. The van der Waals surface area contributed by atoms with E-state index in [9.17, 15) is 5.11 Å². The van der Waals surface area contributed by atoms with Crippen molar-refractivity contribution in [2.45, 2.75) is 51.2 Å². The van der Waals surface area contributed by atoms with Crippen LogP contribution in [0.5, 0.6) is 0 Å². The molecule has 0 radical (unpaired) electrons. The van der Waals surface area contributed by atoms with E-state index in [2.05, 4.69) is 22.5 Å². The lowest BCUT2D eigenvalue weighted by atomic mass is 9.85. The van der Waals surface area contributed by atoms with Crippen molar-refractivity contribution in [3.8, 4) is 0 Å². The van der Waals surface area contributed by atoms with E-state index < -0.39 is 0 Å². The minimum absolute atomic E-state index is 0.222. The van der Waals surface area contributed by atoms with Crippen molar-refractivity contribution in [3.05, 3.63) is 0 Å². The number of nitrogens with zero attached hydrogens (tertiary/aromatic N) is 1. The molecule has 16 heavy (non-hydrogen) atoms. The Kier molecular flexibility index (Phi) is 4.04. The fourth-order valence-corrected chi connectivity index (χ4v) is 2.55. The van der Waals surface area contributed by atoms with E-state index in [1.165, 1.54) is 32.1 Å². The summed E-state index contributed by atoms with van der Waals surface area (Å²) in [5, 5.41) is 16.5. The Labute approximate surface area is 97.5 Å². The normalized spacial score (nSPS) is 28.4. The third-order valence-corrected chi connectivity index (χ3v) is 3.58. The van der Waals surface area contributed by atoms with Crippen LogP contribution < -0.4 is 10.6 Å². The number of aliphatic hydroxyl groups is 1. The quantitative estimate of drug-likeness (QED) is 0.668. The lowest BCUT2D eigenvalue weighted by molar-refractivity contribution is 0.0880. The molecule has 0 aromatic heterocycles. The minimum atomic E-state index is -0.222. The molecule has 1 fully saturated rings. The van der Waals surface area contributed by atoms with E-state index in [-0.39, 0.29) is 6.10 Å². The van der Waals surface area contributed by atoms with Gasteiger partial charge in [-0.2, -0.15) is 0 Å². The number of rotatable bonds is 3. The van der Waals surface area contributed by atoms with Crippen LogP contribution in [0.3, 0.4) is 0 Å². The maximum absolute atomic E-state index is 10.1. The van der Waals surface area contributed by atoms with Gasteiger partial charge >= 0.3 is 0 Å². The van der Waals surface area contributed by atoms with Crippen molar-refractivity contribution >= 4 is 5.96 Å². The number of aliphatic hydroxyl groups excluding tert-OH is 1. The summed E-state index contributed by atoms with van der Waals surface area (Å²) in [7, 11) is 0. The molecular formula is C12H23N3O. The maximum Gasteiger partial charge on any atom is 0.191 e. The van der Waals surface area contributed by atoms with Crippen molar-refractivity contribution in [2.24, 2.45) is 10.9 Å². The van der Waals surface area contributed by atoms with Gasteiger partial charge in [-0.1, -0.05) is 19.3 Å². The fourth-order valence-electron chi connectivity index (χ4n) is 2.55. The second-order valence-corrected chi connectivity index (χ2v) is 5.08. The van der Waals surface area contributed by atoms with Crippen LogP contribution in [0.15, 0.2) is 4.99 Å². The maximum atomic E-state index is 10.1. The van der Waals surface area contributed by atoms with Crippen molar-refractivity contribution in [3.63, 3.8) is 0 Å². The Morgan fingerprint density at radius 2 is 2.19 bits per heavy atom. The van der Waals surface area contributed by atoms with Gasteiger partial charge in [0.15, 0.2) is 5.96 Å². The van der Waals surface area contributed by atoms with Gasteiger partial charge < -0.3 is 15.7 Å². The van der Waals surface area contributed by atoms with Gasteiger partial charge in [0.2, 0.25) is 0 Å². The van der Waals surface area contributed by atoms with Crippen LogP contribution in [0.1, 0.15) is 39.0 Å². The molecule has 0 bridgehead atoms. The second-order valence-electron chi connectivity index (χ2n) is 5.08. The summed E-state index contributed by atoms with van der Waals surface area (Å²) in [5.74, 6) is 1.34. The van der Waals surface area contributed by atoms with Gasteiger partial charge in [-0.15, -0.1) is 0 Å². The van der Waals surface area contributed by atoms with E-state index in [0.717, 1.165) is 12.5 Å². The molecule has 0 aromatic carbocycles.